The second kappa shape index (κ2) is 4.94. The lowest BCUT2D eigenvalue weighted by atomic mass is 10.3. The van der Waals surface area contributed by atoms with Crippen molar-refractivity contribution in [3.8, 4) is 0 Å². The van der Waals surface area contributed by atoms with E-state index in [4.69, 9.17) is 0 Å². The molecule has 16 heavy (non-hydrogen) atoms. The van der Waals surface area contributed by atoms with Gasteiger partial charge in [-0.2, -0.15) is 5.10 Å². The maximum Gasteiger partial charge on any atom is 0.105 e. The zero-order chi connectivity index (χ0) is 11.4. The van der Waals surface area contributed by atoms with Crippen molar-refractivity contribution in [2.24, 2.45) is 7.05 Å². The second-order valence-corrected chi connectivity index (χ2v) is 3.87. The molecule has 0 aliphatic carbocycles. The molecule has 1 N–H and O–H groups in total. The number of imidazole rings is 1. The van der Waals surface area contributed by atoms with E-state index in [1.165, 1.54) is 5.56 Å². The first kappa shape index (κ1) is 10.9. The number of nitrogens with zero attached hydrogens (tertiary/aromatic N) is 4. The van der Waals surface area contributed by atoms with Gasteiger partial charge in [-0.05, 0) is 6.92 Å². The summed E-state index contributed by atoms with van der Waals surface area (Å²) in [5.41, 5.74) is 1.21. The Hall–Kier alpha value is -1.62. The van der Waals surface area contributed by atoms with E-state index in [0.29, 0.717) is 0 Å². The molecule has 0 spiro atoms. The predicted molar refractivity (Wildman–Crippen MR) is 61.9 cm³/mol. The lowest BCUT2D eigenvalue weighted by Crippen LogP contribution is -2.19. The largest absolute Gasteiger partial charge is 0.334 e. The molecule has 0 radical (unpaired) electrons. The van der Waals surface area contributed by atoms with Crippen LogP contribution in [0, 0.1) is 6.92 Å². The summed E-state index contributed by atoms with van der Waals surface area (Å²) in [5.74, 6) is 1.06. The van der Waals surface area contributed by atoms with Gasteiger partial charge in [-0.3, -0.25) is 4.68 Å². The Morgan fingerprint density at radius 2 is 2.31 bits per heavy atom. The van der Waals surface area contributed by atoms with Gasteiger partial charge in [0.1, 0.15) is 5.82 Å². The molecular formula is C11H17N5. The highest BCUT2D eigenvalue weighted by Crippen LogP contribution is 1.96. The first-order chi connectivity index (χ1) is 7.75. The number of aryl methyl sites for hydroxylation is 2. The monoisotopic (exact) mass is 219 g/mol. The number of hydrogen-bond acceptors (Lipinski definition) is 3. The third-order valence-electron chi connectivity index (χ3n) is 2.54. The Morgan fingerprint density at radius 1 is 1.44 bits per heavy atom. The summed E-state index contributed by atoms with van der Waals surface area (Å²) in [7, 11) is 1.93. The quantitative estimate of drug-likeness (QED) is 0.754. The number of nitrogens with one attached hydrogen (secondary N) is 1. The van der Waals surface area contributed by atoms with Crippen molar-refractivity contribution < 1.29 is 0 Å². The lowest BCUT2D eigenvalue weighted by molar-refractivity contribution is 0.587. The van der Waals surface area contributed by atoms with Crippen LogP contribution in [0.4, 0.5) is 0 Å². The van der Waals surface area contributed by atoms with Crippen molar-refractivity contribution >= 4 is 0 Å². The topological polar surface area (TPSA) is 47.7 Å². The fourth-order valence-corrected chi connectivity index (χ4v) is 1.64. The fraction of sp³-hybridized carbons (Fsp3) is 0.455. The average molecular weight is 219 g/mol. The van der Waals surface area contributed by atoms with Gasteiger partial charge in [0.15, 0.2) is 0 Å². The molecule has 0 atom stereocenters. The van der Waals surface area contributed by atoms with E-state index in [1.807, 2.05) is 43.4 Å². The Kier molecular flexibility index (Phi) is 3.36. The third-order valence-corrected chi connectivity index (χ3v) is 2.54. The van der Waals surface area contributed by atoms with Crippen LogP contribution in [0.25, 0.3) is 0 Å². The summed E-state index contributed by atoms with van der Waals surface area (Å²) in [6, 6.07) is 0. The fourth-order valence-electron chi connectivity index (χ4n) is 1.64. The van der Waals surface area contributed by atoms with Crippen LogP contribution in [0.5, 0.6) is 0 Å². The Morgan fingerprint density at radius 3 is 2.94 bits per heavy atom. The molecule has 0 fully saturated rings. The molecular weight excluding hydrogens is 202 g/mol. The van der Waals surface area contributed by atoms with Gasteiger partial charge in [-0.25, -0.2) is 4.98 Å². The van der Waals surface area contributed by atoms with E-state index in [-0.39, 0.29) is 0 Å². The van der Waals surface area contributed by atoms with Crippen molar-refractivity contribution in [2.45, 2.75) is 20.0 Å². The van der Waals surface area contributed by atoms with Gasteiger partial charge in [-0.15, -0.1) is 0 Å². The van der Waals surface area contributed by atoms with E-state index in [0.717, 1.165) is 25.5 Å². The molecule has 2 aromatic heterocycles. The SMILES string of the molecule is Cc1nccn1CCNCc1cnn(C)c1. The standard InChI is InChI=1S/C11H17N5/c1-10-13-4-6-16(10)5-3-12-7-11-8-14-15(2)9-11/h4,6,8-9,12H,3,5,7H2,1-2H3. The maximum atomic E-state index is 4.18. The number of rotatable bonds is 5. The van der Waals surface area contributed by atoms with E-state index in [9.17, 15) is 0 Å². The van der Waals surface area contributed by atoms with Gasteiger partial charge in [0, 0.05) is 50.8 Å². The summed E-state index contributed by atoms with van der Waals surface area (Å²) < 4.78 is 3.95. The first-order valence-electron chi connectivity index (χ1n) is 5.41. The van der Waals surface area contributed by atoms with Gasteiger partial charge >= 0.3 is 0 Å². The Balaban J connectivity index is 1.71. The van der Waals surface area contributed by atoms with Crippen LogP contribution >= 0.6 is 0 Å². The van der Waals surface area contributed by atoms with Crippen molar-refractivity contribution in [2.75, 3.05) is 6.54 Å². The van der Waals surface area contributed by atoms with E-state index < -0.39 is 0 Å². The van der Waals surface area contributed by atoms with Crippen LogP contribution in [-0.2, 0) is 20.1 Å². The normalized spacial score (nSPS) is 10.9. The van der Waals surface area contributed by atoms with Gasteiger partial charge in [-0.1, -0.05) is 0 Å². The highest BCUT2D eigenvalue weighted by atomic mass is 15.2. The van der Waals surface area contributed by atoms with Crippen LogP contribution < -0.4 is 5.32 Å². The summed E-state index contributed by atoms with van der Waals surface area (Å²) >= 11 is 0. The zero-order valence-electron chi connectivity index (χ0n) is 9.72. The second-order valence-electron chi connectivity index (χ2n) is 3.87. The lowest BCUT2D eigenvalue weighted by Gasteiger charge is -2.05. The summed E-state index contributed by atoms with van der Waals surface area (Å²) in [5, 5.41) is 7.50. The van der Waals surface area contributed by atoms with E-state index >= 15 is 0 Å². The average Bonchev–Trinajstić information content (AvgIpc) is 2.83. The molecule has 0 bridgehead atoms. The summed E-state index contributed by atoms with van der Waals surface area (Å²) in [6.45, 7) is 4.76. The van der Waals surface area contributed by atoms with Crippen LogP contribution in [0.2, 0.25) is 0 Å². The third kappa shape index (κ3) is 2.70. The highest BCUT2D eigenvalue weighted by Gasteiger charge is 1.97. The van der Waals surface area contributed by atoms with Gasteiger partial charge in [0.2, 0.25) is 0 Å². The smallest absolute Gasteiger partial charge is 0.105 e. The number of hydrogen-bond donors (Lipinski definition) is 1. The molecule has 2 heterocycles. The van der Waals surface area contributed by atoms with Crippen LogP contribution in [-0.4, -0.2) is 25.9 Å². The van der Waals surface area contributed by atoms with Crippen molar-refractivity contribution in [3.63, 3.8) is 0 Å². The summed E-state index contributed by atoms with van der Waals surface area (Å²) in [6.07, 6.45) is 7.74. The zero-order valence-corrected chi connectivity index (χ0v) is 9.72. The molecule has 0 unspecified atom stereocenters. The Labute approximate surface area is 95.1 Å². The van der Waals surface area contributed by atoms with Crippen molar-refractivity contribution in [3.05, 3.63) is 36.2 Å². The Bertz CT molecular complexity index is 443. The molecule has 0 aliphatic heterocycles. The minimum Gasteiger partial charge on any atom is -0.334 e. The van der Waals surface area contributed by atoms with Gasteiger partial charge in [0.25, 0.3) is 0 Å². The molecule has 0 aromatic carbocycles. The molecule has 0 saturated carbocycles. The van der Waals surface area contributed by atoms with Crippen LogP contribution in [0.1, 0.15) is 11.4 Å². The molecule has 86 valence electrons. The van der Waals surface area contributed by atoms with Crippen molar-refractivity contribution in [1.29, 1.82) is 0 Å². The molecule has 0 saturated heterocycles. The van der Waals surface area contributed by atoms with Crippen LogP contribution in [0.3, 0.4) is 0 Å². The first-order valence-corrected chi connectivity index (χ1v) is 5.41. The minimum atomic E-state index is 0.863. The molecule has 2 aromatic rings. The molecule has 0 aliphatic rings. The van der Waals surface area contributed by atoms with E-state index in [2.05, 4.69) is 20.0 Å². The maximum absolute atomic E-state index is 4.18. The molecule has 5 heteroatoms. The van der Waals surface area contributed by atoms with Crippen molar-refractivity contribution in [1.82, 2.24) is 24.6 Å². The van der Waals surface area contributed by atoms with Crippen LogP contribution in [0.15, 0.2) is 24.8 Å². The highest BCUT2D eigenvalue weighted by molar-refractivity contribution is 5.02. The number of aromatic nitrogens is 4. The van der Waals surface area contributed by atoms with Gasteiger partial charge < -0.3 is 9.88 Å². The van der Waals surface area contributed by atoms with Gasteiger partial charge in [0.05, 0.1) is 6.20 Å². The molecule has 5 nitrogen and oxygen atoms in total. The predicted octanol–water partition coefficient (Wildman–Crippen LogP) is 0.715. The minimum absolute atomic E-state index is 0.863. The molecule has 2 rings (SSSR count). The molecule has 0 amide bonds. The summed E-state index contributed by atoms with van der Waals surface area (Å²) in [4.78, 5) is 4.18. The van der Waals surface area contributed by atoms with E-state index in [1.54, 1.807) is 0 Å².